The molecule has 0 aromatic heterocycles. The summed E-state index contributed by atoms with van der Waals surface area (Å²) >= 11 is 0. The van der Waals surface area contributed by atoms with Crippen molar-refractivity contribution in [2.45, 2.75) is 59.0 Å². The Morgan fingerprint density at radius 3 is 2.35 bits per heavy atom. The van der Waals surface area contributed by atoms with Crippen LogP contribution in [0, 0.1) is 0 Å². The van der Waals surface area contributed by atoms with Gasteiger partial charge >= 0.3 is 0 Å². The summed E-state index contributed by atoms with van der Waals surface area (Å²) in [6.07, 6.45) is 3.74. The van der Waals surface area contributed by atoms with Gasteiger partial charge in [0, 0.05) is 18.6 Å². The van der Waals surface area contributed by atoms with E-state index in [-0.39, 0.29) is 0 Å². The topological polar surface area (TPSA) is 15.3 Å². The molecule has 2 heteroatoms. The van der Waals surface area contributed by atoms with Crippen LogP contribution in [-0.2, 0) is 0 Å². The van der Waals surface area contributed by atoms with Crippen molar-refractivity contribution in [3.63, 3.8) is 0 Å². The van der Waals surface area contributed by atoms with Crippen LogP contribution in [0.4, 0.5) is 0 Å². The minimum absolute atomic E-state index is 0.484. The number of unbranched alkanes of at least 4 members (excludes halogenated alkanes) is 1. The maximum Gasteiger partial charge on any atom is 0.0475 e. The second kappa shape index (κ2) is 9.95. The molecular formula is C18H32N2. The fourth-order valence-corrected chi connectivity index (χ4v) is 2.64. The highest BCUT2D eigenvalue weighted by Crippen LogP contribution is 2.24. The molecule has 0 aliphatic carbocycles. The molecule has 0 saturated heterocycles. The van der Waals surface area contributed by atoms with Crippen LogP contribution >= 0.6 is 0 Å². The van der Waals surface area contributed by atoms with Crippen LogP contribution in [0.3, 0.4) is 0 Å². The minimum atomic E-state index is 0.484. The van der Waals surface area contributed by atoms with E-state index in [4.69, 9.17) is 0 Å². The third kappa shape index (κ3) is 5.26. The first-order valence-electron chi connectivity index (χ1n) is 8.25. The van der Waals surface area contributed by atoms with Crippen molar-refractivity contribution >= 4 is 0 Å². The Kier molecular flexibility index (Phi) is 8.56. The second-order valence-corrected chi connectivity index (χ2v) is 5.58. The lowest BCUT2D eigenvalue weighted by Gasteiger charge is -2.37. The van der Waals surface area contributed by atoms with Gasteiger partial charge in [-0.25, -0.2) is 0 Å². The lowest BCUT2D eigenvalue weighted by atomic mass is 10.0. The first kappa shape index (κ1) is 17.2. The first-order chi connectivity index (χ1) is 9.74. The highest BCUT2D eigenvalue weighted by molar-refractivity contribution is 5.19. The highest BCUT2D eigenvalue weighted by Gasteiger charge is 2.23. The van der Waals surface area contributed by atoms with Gasteiger partial charge in [-0.1, -0.05) is 57.5 Å². The smallest absolute Gasteiger partial charge is 0.0475 e. The van der Waals surface area contributed by atoms with Crippen molar-refractivity contribution in [2.75, 3.05) is 19.6 Å². The number of nitrogens with zero attached hydrogens (tertiary/aromatic N) is 1. The third-order valence-electron chi connectivity index (χ3n) is 4.10. The summed E-state index contributed by atoms with van der Waals surface area (Å²) in [5.74, 6) is 0. The molecule has 2 atom stereocenters. The van der Waals surface area contributed by atoms with Gasteiger partial charge in [-0.05, 0) is 38.4 Å². The molecule has 0 fully saturated rings. The van der Waals surface area contributed by atoms with Gasteiger partial charge in [0.1, 0.15) is 0 Å². The molecule has 0 aliphatic rings. The molecule has 20 heavy (non-hydrogen) atoms. The van der Waals surface area contributed by atoms with Crippen molar-refractivity contribution in [2.24, 2.45) is 0 Å². The summed E-state index contributed by atoms with van der Waals surface area (Å²) in [7, 11) is 0. The van der Waals surface area contributed by atoms with Crippen LogP contribution in [0.15, 0.2) is 30.3 Å². The molecule has 0 aliphatic heterocycles. The van der Waals surface area contributed by atoms with Gasteiger partial charge in [-0.2, -0.15) is 0 Å². The zero-order valence-electron chi connectivity index (χ0n) is 13.7. The molecule has 114 valence electrons. The molecule has 2 nitrogen and oxygen atoms in total. The molecular weight excluding hydrogens is 244 g/mol. The monoisotopic (exact) mass is 276 g/mol. The van der Waals surface area contributed by atoms with Crippen molar-refractivity contribution in [3.8, 4) is 0 Å². The van der Waals surface area contributed by atoms with Gasteiger partial charge in [0.05, 0.1) is 0 Å². The fraction of sp³-hybridized carbons (Fsp3) is 0.667. The van der Waals surface area contributed by atoms with Crippen LogP contribution in [0.1, 0.15) is 58.6 Å². The van der Waals surface area contributed by atoms with Crippen molar-refractivity contribution in [1.29, 1.82) is 0 Å². The van der Waals surface area contributed by atoms with E-state index in [1.54, 1.807) is 0 Å². The zero-order valence-corrected chi connectivity index (χ0v) is 13.7. The molecule has 1 rings (SSSR count). The van der Waals surface area contributed by atoms with E-state index in [0.717, 1.165) is 13.1 Å². The number of nitrogens with one attached hydrogen (secondary N) is 1. The number of benzene rings is 1. The lowest BCUT2D eigenvalue weighted by molar-refractivity contribution is 0.135. The number of rotatable bonds is 10. The van der Waals surface area contributed by atoms with E-state index in [0.29, 0.717) is 12.1 Å². The van der Waals surface area contributed by atoms with Crippen molar-refractivity contribution < 1.29 is 0 Å². The highest BCUT2D eigenvalue weighted by atomic mass is 15.2. The van der Waals surface area contributed by atoms with E-state index in [2.05, 4.69) is 68.2 Å². The summed E-state index contributed by atoms with van der Waals surface area (Å²) in [6, 6.07) is 12.1. The van der Waals surface area contributed by atoms with Crippen LogP contribution in [0.25, 0.3) is 0 Å². The van der Waals surface area contributed by atoms with E-state index < -0.39 is 0 Å². The summed E-state index contributed by atoms with van der Waals surface area (Å²) < 4.78 is 0. The SMILES string of the molecule is CCCCN(C(C)CC)C(CNCC)c1ccccc1. The second-order valence-electron chi connectivity index (χ2n) is 5.58. The number of hydrogen-bond acceptors (Lipinski definition) is 2. The van der Waals surface area contributed by atoms with Gasteiger partial charge in [0.15, 0.2) is 0 Å². The predicted octanol–water partition coefficient (Wildman–Crippen LogP) is 4.24. The van der Waals surface area contributed by atoms with Crippen LogP contribution in [0.2, 0.25) is 0 Å². The molecule has 0 spiro atoms. The lowest BCUT2D eigenvalue weighted by Crippen LogP contribution is -2.41. The van der Waals surface area contributed by atoms with Crippen LogP contribution in [0.5, 0.6) is 0 Å². The van der Waals surface area contributed by atoms with Gasteiger partial charge < -0.3 is 5.32 Å². The number of likely N-dealkylation sites (N-methyl/N-ethyl adjacent to an activating group) is 1. The predicted molar refractivity (Wildman–Crippen MR) is 89.1 cm³/mol. The molecule has 1 aromatic rings. The minimum Gasteiger partial charge on any atom is -0.315 e. The van der Waals surface area contributed by atoms with E-state index >= 15 is 0 Å². The van der Waals surface area contributed by atoms with Crippen molar-refractivity contribution in [3.05, 3.63) is 35.9 Å². The van der Waals surface area contributed by atoms with E-state index in [1.165, 1.54) is 31.4 Å². The quantitative estimate of drug-likeness (QED) is 0.687. The van der Waals surface area contributed by atoms with E-state index in [1.807, 2.05) is 0 Å². The average molecular weight is 276 g/mol. The zero-order chi connectivity index (χ0) is 14.8. The molecule has 0 bridgehead atoms. The Labute approximate surface area is 125 Å². The Balaban J connectivity index is 2.91. The summed E-state index contributed by atoms with van der Waals surface area (Å²) in [4.78, 5) is 2.68. The fourth-order valence-electron chi connectivity index (χ4n) is 2.64. The average Bonchev–Trinajstić information content (AvgIpc) is 2.50. The Hall–Kier alpha value is -0.860. The third-order valence-corrected chi connectivity index (χ3v) is 4.10. The van der Waals surface area contributed by atoms with Gasteiger partial charge in [0.2, 0.25) is 0 Å². The molecule has 0 heterocycles. The number of hydrogen-bond donors (Lipinski definition) is 1. The molecule has 1 N–H and O–H groups in total. The Bertz CT molecular complexity index is 337. The standard InChI is InChI=1S/C18H32N2/c1-5-8-14-20(16(4)6-2)18(15-19-7-3)17-12-10-9-11-13-17/h9-13,16,18-19H,5-8,14-15H2,1-4H3. The first-order valence-corrected chi connectivity index (χ1v) is 8.25. The maximum absolute atomic E-state index is 3.54. The Morgan fingerprint density at radius 2 is 1.80 bits per heavy atom. The van der Waals surface area contributed by atoms with Crippen LogP contribution < -0.4 is 5.32 Å². The summed E-state index contributed by atoms with van der Waals surface area (Å²) in [5, 5.41) is 3.54. The largest absolute Gasteiger partial charge is 0.315 e. The van der Waals surface area contributed by atoms with Gasteiger partial charge in [-0.15, -0.1) is 0 Å². The summed E-state index contributed by atoms with van der Waals surface area (Å²) in [5.41, 5.74) is 1.44. The summed E-state index contributed by atoms with van der Waals surface area (Å²) in [6.45, 7) is 12.4. The molecule has 2 unspecified atom stereocenters. The van der Waals surface area contributed by atoms with E-state index in [9.17, 15) is 0 Å². The van der Waals surface area contributed by atoms with Crippen molar-refractivity contribution in [1.82, 2.24) is 10.2 Å². The molecule has 0 saturated carbocycles. The normalized spacial score (nSPS) is 14.4. The molecule has 1 aromatic carbocycles. The maximum atomic E-state index is 3.54. The van der Waals surface area contributed by atoms with Crippen LogP contribution in [-0.4, -0.2) is 30.6 Å². The Morgan fingerprint density at radius 1 is 1.10 bits per heavy atom. The molecule has 0 radical (unpaired) electrons. The van der Waals surface area contributed by atoms with Gasteiger partial charge in [-0.3, -0.25) is 4.90 Å². The molecule has 0 amide bonds. The van der Waals surface area contributed by atoms with Gasteiger partial charge in [0.25, 0.3) is 0 Å².